The molecule has 0 aliphatic rings. The number of rotatable bonds is 3. The number of aryl methyl sites for hydroxylation is 1. The second kappa shape index (κ2) is 5.87. The summed E-state index contributed by atoms with van der Waals surface area (Å²) in [5.41, 5.74) is 1.92. The fourth-order valence-corrected chi connectivity index (χ4v) is 2.57. The van der Waals surface area contributed by atoms with Crippen LogP contribution >= 0.6 is 34.8 Å². The van der Waals surface area contributed by atoms with Crippen molar-refractivity contribution in [2.24, 2.45) is 0 Å². The van der Waals surface area contributed by atoms with E-state index in [9.17, 15) is 5.11 Å². The summed E-state index contributed by atoms with van der Waals surface area (Å²) in [5, 5.41) is 14.1. The zero-order chi connectivity index (χ0) is 14.0. The number of nitrogens with zero attached hydrogens (tertiary/aromatic N) is 1. The number of hydrogen-bond acceptors (Lipinski definition) is 3. The van der Waals surface area contributed by atoms with E-state index in [0.717, 1.165) is 5.69 Å². The maximum Gasteiger partial charge on any atom is 0.138 e. The first-order valence-corrected chi connectivity index (χ1v) is 6.64. The predicted molar refractivity (Wildman–Crippen MR) is 79.4 cm³/mol. The number of halogens is 3. The lowest BCUT2D eigenvalue weighted by Crippen LogP contribution is -2.04. The van der Waals surface area contributed by atoms with Gasteiger partial charge in [0.1, 0.15) is 11.4 Å². The topological polar surface area (TPSA) is 45.1 Å². The van der Waals surface area contributed by atoms with E-state index in [1.54, 1.807) is 24.3 Å². The van der Waals surface area contributed by atoms with Crippen LogP contribution in [0.25, 0.3) is 0 Å². The lowest BCUT2D eigenvalue weighted by molar-refractivity contribution is 0.464. The molecule has 1 aromatic carbocycles. The van der Waals surface area contributed by atoms with Crippen molar-refractivity contribution in [3.8, 4) is 5.75 Å². The number of hydrogen-bond donors (Lipinski definition) is 2. The Labute approximate surface area is 126 Å². The summed E-state index contributed by atoms with van der Waals surface area (Å²) in [4.78, 5) is 4.24. The molecule has 0 fully saturated rings. The molecule has 6 heteroatoms. The van der Waals surface area contributed by atoms with Crippen LogP contribution in [-0.2, 0) is 6.54 Å². The molecule has 1 heterocycles. The van der Waals surface area contributed by atoms with Gasteiger partial charge in [-0.2, -0.15) is 0 Å². The van der Waals surface area contributed by atoms with E-state index in [-0.39, 0.29) is 5.75 Å². The molecule has 0 aliphatic carbocycles. The van der Waals surface area contributed by atoms with Crippen molar-refractivity contribution in [1.82, 2.24) is 4.98 Å². The third kappa shape index (κ3) is 3.44. The summed E-state index contributed by atoms with van der Waals surface area (Å²) in [6, 6.07) is 6.53. The predicted octanol–water partition coefficient (Wildman–Crippen LogP) is 4.67. The first kappa shape index (κ1) is 14.3. The molecule has 0 bridgehead atoms. The molecule has 0 saturated heterocycles. The molecule has 0 atom stereocenters. The second-order valence-corrected chi connectivity index (χ2v) is 5.27. The molecule has 0 unspecified atom stereocenters. The van der Waals surface area contributed by atoms with E-state index in [1.807, 2.05) is 6.92 Å². The minimum Gasteiger partial charge on any atom is -0.506 e. The number of anilines is 1. The van der Waals surface area contributed by atoms with Crippen molar-refractivity contribution in [3.05, 3.63) is 50.7 Å². The van der Waals surface area contributed by atoms with Gasteiger partial charge in [-0.15, -0.1) is 0 Å². The molecule has 0 saturated carbocycles. The maximum atomic E-state index is 9.71. The molecule has 0 aliphatic heterocycles. The molecule has 19 heavy (non-hydrogen) atoms. The molecule has 0 spiro atoms. The highest BCUT2D eigenvalue weighted by atomic mass is 35.5. The van der Waals surface area contributed by atoms with Gasteiger partial charge in [-0.3, -0.25) is 4.98 Å². The third-order valence-electron chi connectivity index (χ3n) is 2.53. The van der Waals surface area contributed by atoms with Crippen molar-refractivity contribution >= 4 is 40.5 Å². The van der Waals surface area contributed by atoms with Gasteiger partial charge in [0.2, 0.25) is 0 Å². The van der Waals surface area contributed by atoms with Crippen LogP contribution in [0.15, 0.2) is 24.3 Å². The molecule has 2 aromatic rings. The molecule has 0 radical (unpaired) electrons. The number of aromatic hydroxyl groups is 1. The van der Waals surface area contributed by atoms with Gasteiger partial charge >= 0.3 is 0 Å². The van der Waals surface area contributed by atoms with Gasteiger partial charge in [0.25, 0.3) is 0 Å². The van der Waals surface area contributed by atoms with E-state index >= 15 is 0 Å². The monoisotopic (exact) mass is 316 g/mol. The van der Waals surface area contributed by atoms with Crippen LogP contribution in [0.2, 0.25) is 15.1 Å². The van der Waals surface area contributed by atoms with Gasteiger partial charge in [0, 0.05) is 10.7 Å². The Kier molecular flexibility index (Phi) is 4.40. The van der Waals surface area contributed by atoms with Crippen LogP contribution in [0.1, 0.15) is 11.4 Å². The van der Waals surface area contributed by atoms with Gasteiger partial charge in [-0.05, 0) is 31.2 Å². The number of benzene rings is 1. The van der Waals surface area contributed by atoms with Gasteiger partial charge < -0.3 is 10.4 Å². The normalized spacial score (nSPS) is 10.5. The summed E-state index contributed by atoms with van der Waals surface area (Å²) in [7, 11) is 0. The third-order valence-corrected chi connectivity index (χ3v) is 3.34. The van der Waals surface area contributed by atoms with E-state index in [0.29, 0.717) is 33.0 Å². The minimum absolute atomic E-state index is 0.124. The Hall–Kier alpha value is -1.16. The lowest BCUT2D eigenvalue weighted by Gasteiger charge is -2.11. The average Bonchev–Trinajstić information content (AvgIpc) is 2.32. The summed E-state index contributed by atoms with van der Waals surface area (Å²) >= 11 is 18.0. The zero-order valence-electron chi connectivity index (χ0n) is 10.0. The molecule has 3 nitrogen and oxygen atoms in total. The van der Waals surface area contributed by atoms with Crippen molar-refractivity contribution in [1.29, 1.82) is 0 Å². The molecule has 2 N–H and O–H groups in total. The fourth-order valence-electron chi connectivity index (χ4n) is 1.62. The van der Waals surface area contributed by atoms with E-state index in [4.69, 9.17) is 34.8 Å². The molecule has 100 valence electrons. The van der Waals surface area contributed by atoms with E-state index in [1.165, 1.54) is 0 Å². The average molecular weight is 318 g/mol. The Morgan fingerprint density at radius 2 is 1.79 bits per heavy atom. The van der Waals surface area contributed by atoms with Crippen molar-refractivity contribution in [2.75, 3.05) is 5.32 Å². The minimum atomic E-state index is 0.124. The highest BCUT2D eigenvalue weighted by Crippen LogP contribution is 2.34. The van der Waals surface area contributed by atoms with Gasteiger partial charge in [-0.25, -0.2) is 0 Å². The highest BCUT2D eigenvalue weighted by Gasteiger charge is 2.09. The number of pyridine rings is 1. The van der Waals surface area contributed by atoms with Crippen LogP contribution in [0.4, 0.5) is 5.69 Å². The van der Waals surface area contributed by atoms with E-state index < -0.39 is 0 Å². The Bertz CT molecular complexity index is 594. The Morgan fingerprint density at radius 1 is 1.16 bits per heavy atom. The van der Waals surface area contributed by atoms with Crippen LogP contribution in [0, 0.1) is 6.92 Å². The summed E-state index contributed by atoms with van der Waals surface area (Å²) in [6.45, 7) is 2.17. The molecule has 0 amide bonds. The maximum absolute atomic E-state index is 9.71. The smallest absolute Gasteiger partial charge is 0.138 e. The zero-order valence-corrected chi connectivity index (χ0v) is 12.3. The SMILES string of the molecule is Cc1ccc(O)c(CNc2c(Cl)cc(Cl)cc2Cl)n1. The number of aromatic nitrogens is 1. The standard InChI is InChI=1S/C13H11Cl3N2O/c1-7-2-3-12(19)11(18-7)6-17-13-9(15)4-8(14)5-10(13)16/h2-5,17,19H,6H2,1H3. The molecule has 2 rings (SSSR count). The van der Waals surface area contributed by atoms with Crippen molar-refractivity contribution < 1.29 is 5.11 Å². The fraction of sp³-hybridized carbons (Fsp3) is 0.154. The first-order chi connectivity index (χ1) is 8.97. The summed E-state index contributed by atoms with van der Waals surface area (Å²) in [6.07, 6.45) is 0. The first-order valence-electron chi connectivity index (χ1n) is 5.51. The van der Waals surface area contributed by atoms with Crippen LogP contribution in [-0.4, -0.2) is 10.1 Å². The number of nitrogens with one attached hydrogen (secondary N) is 1. The molecular formula is C13H11Cl3N2O. The largest absolute Gasteiger partial charge is 0.506 e. The van der Waals surface area contributed by atoms with Crippen LogP contribution in [0.5, 0.6) is 5.75 Å². The summed E-state index contributed by atoms with van der Waals surface area (Å²) in [5.74, 6) is 0.124. The van der Waals surface area contributed by atoms with Gasteiger partial charge in [0.05, 0.1) is 22.3 Å². The van der Waals surface area contributed by atoms with Crippen molar-refractivity contribution in [2.45, 2.75) is 13.5 Å². The van der Waals surface area contributed by atoms with Crippen molar-refractivity contribution in [3.63, 3.8) is 0 Å². The lowest BCUT2D eigenvalue weighted by atomic mass is 10.2. The Balaban J connectivity index is 2.21. The van der Waals surface area contributed by atoms with Gasteiger partial charge in [0.15, 0.2) is 0 Å². The Morgan fingerprint density at radius 3 is 2.42 bits per heavy atom. The van der Waals surface area contributed by atoms with Crippen LogP contribution in [0.3, 0.4) is 0 Å². The van der Waals surface area contributed by atoms with Gasteiger partial charge in [-0.1, -0.05) is 34.8 Å². The second-order valence-electron chi connectivity index (χ2n) is 4.02. The highest BCUT2D eigenvalue weighted by molar-refractivity contribution is 6.41. The summed E-state index contributed by atoms with van der Waals surface area (Å²) < 4.78 is 0. The molecule has 1 aromatic heterocycles. The van der Waals surface area contributed by atoms with Crippen LogP contribution < -0.4 is 5.32 Å². The quantitative estimate of drug-likeness (QED) is 0.865. The van der Waals surface area contributed by atoms with E-state index in [2.05, 4.69) is 10.3 Å². The molecular weight excluding hydrogens is 307 g/mol.